The summed E-state index contributed by atoms with van der Waals surface area (Å²) < 4.78 is 17.1. The number of fused-ring (bicyclic) bond motifs is 2. The third-order valence-electron chi connectivity index (χ3n) is 5.98. The first-order chi connectivity index (χ1) is 14.7. The summed E-state index contributed by atoms with van der Waals surface area (Å²) in [4.78, 5) is 13.6. The number of ether oxygens (including phenoxy) is 3. The van der Waals surface area contributed by atoms with Gasteiger partial charge in [-0.2, -0.15) is 0 Å². The summed E-state index contributed by atoms with van der Waals surface area (Å²) >= 11 is 0. The molecular weight excluding hydrogens is 376 g/mol. The highest BCUT2D eigenvalue weighted by Crippen LogP contribution is 2.55. The molecule has 0 unspecified atom stereocenters. The summed E-state index contributed by atoms with van der Waals surface area (Å²) in [5.74, 6) is 1.37. The van der Waals surface area contributed by atoms with Crippen molar-refractivity contribution in [1.82, 2.24) is 0 Å². The molecule has 0 N–H and O–H groups in total. The van der Waals surface area contributed by atoms with E-state index in [1.165, 1.54) is 0 Å². The van der Waals surface area contributed by atoms with Gasteiger partial charge in [0.1, 0.15) is 5.75 Å². The van der Waals surface area contributed by atoms with Crippen molar-refractivity contribution in [2.75, 3.05) is 6.79 Å². The third-order valence-corrected chi connectivity index (χ3v) is 5.98. The first-order valence-corrected chi connectivity index (χ1v) is 10.1. The second-order valence-electron chi connectivity index (χ2n) is 7.79. The smallest absolute Gasteiger partial charge is 0.319 e. The lowest BCUT2D eigenvalue weighted by Crippen LogP contribution is -2.45. The Balaban J connectivity index is 1.73. The normalized spacial score (nSPS) is 21.6. The predicted octanol–water partition coefficient (Wildman–Crippen LogP) is 5.27. The van der Waals surface area contributed by atoms with Gasteiger partial charge in [-0.1, -0.05) is 66.7 Å². The van der Waals surface area contributed by atoms with Gasteiger partial charge < -0.3 is 14.2 Å². The van der Waals surface area contributed by atoms with Crippen molar-refractivity contribution in [1.29, 1.82) is 0 Å². The molecule has 0 aliphatic carbocycles. The third kappa shape index (κ3) is 2.96. The van der Waals surface area contributed by atoms with Gasteiger partial charge >= 0.3 is 5.97 Å². The molecule has 2 aliphatic rings. The number of esters is 1. The van der Waals surface area contributed by atoms with E-state index in [2.05, 4.69) is 30.8 Å². The molecule has 0 saturated carbocycles. The van der Waals surface area contributed by atoms with Gasteiger partial charge in [-0.05, 0) is 30.0 Å². The first-order valence-electron chi connectivity index (χ1n) is 10.1. The molecule has 2 heterocycles. The van der Waals surface area contributed by atoms with Crippen LogP contribution < -0.4 is 14.2 Å². The standard InChI is InChI=1S/C26H22O4/c1-2-13-26(16-18-9-5-3-6-10-18)24(19-11-7-4-8-12-19)20-14-22-23(29-17-28-22)15-21(20)30-25(26)27/h2-12,14-15,24H,1,13,16-17H2/t24-,26-/m0/s1. The van der Waals surface area contributed by atoms with Crippen molar-refractivity contribution in [3.05, 3.63) is 102 Å². The minimum absolute atomic E-state index is 0.171. The zero-order valence-corrected chi connectivity index (χ0v) is 16.5. The molecule has 0 radical (unpaired) electrons. The van der Waals surface area contributed by atoms with Gasteiger partial charge in [0.2, 0.25) is 6.79 Å². The van der Waals surface area contributed by atoms with E-state index in [1.807, 2.05) is 48.5 Å². The van der Waals surface area contributed by atoms with Gasteiger partial charge in [0.05, 0.1) is 5.41 Å². The van der Waals surface area contributed by atoms with Crippen LogP contribution in [0.2, 0.25) is 0 Å². The van der Waals surface area contributed by atoms with Crippen molar-refractivity contribution in [3.63, 3.8) is 0 Å². The van der Waals surface area contributed by atoms with Gasteiger partial charge in [0.25, 0.3) is 0 Å². The fourth-order valence-corrected chi connectivity index (χ4v) is 4.68. The summed E-state index contributed by atoms with van der Waals surface area (Å²) in [6.45, 7) is 4.14. The van der Waals surface area contributed by atoms with Crippen molar-refractivity contribution in [2.45, 2.75) is 18.8 Å². The Labute approximate surface area is 175 Å². The Bertz CT molecular complexity index is 1090. The molecule has 30 heavy (non-hydrogen) atoms. The van der Waals surface area contributed by atoms with Crippen LogP contribution in [0.4, 0.5) is 0 Å². The molecule has 0 amide bonds. The van der Waals surface area contributed by atoms with E-state index in [0.29, 0.717) is 30.1 Å². The molecule has 0 aromatic heterocycles. The fraction of sp³-hybridized carbons (Fsp3) is 0.192. The lowest BCUT2D eigenvalue weighted by atomic mass is 9.62. The Hall–Kier alpha value is -3.53. The summed E-state index contributed by atoms with van der Waals surface area (Å²) in [6, 6.07) is 23.9. The van der Waals surface area contributed by atoms with Crippen LogP contribution in [-0.4, -0.2) is 12.8 Å². The highest BCUT2D eigenvalue weighted by Gasteiger charge is 2.52. The molecule has 2 atom stereocenters. The molecule has 0 spiro atoms. The van der Waals surface area contributed by atoms with E-state index in [1.54, 1.807) is 6.07 Å². The van der Waals surface area contributed by atoms with E-state index >= 15 is 0 Å². The highest BCUT2D eigenvalue weighted by molar-refractivity contribution is 5.85. The summed E-state index contributed by atoms with van der Waals surface area (Å²) in [5, 5.41) is 0. The highest BCUT2D eigenvalue weighted by atomic mass is 16.7. The molecule has 0 bridgehead atoms. The van der Waals surface area contributed by atoms with E-state index in [0.717, 1.165) is 16.7 Å². The second kappa shape index (κ2) is 7.38. The lowest BCUT2D eigenvalue weighted by Gasteiger charge is -2.43. The van der Waals surface area contributed by atoms with Crippen molar-refractivity contribution >= 4 is 5.97 Å². The quantitative estimate of drug-likeness (QED) is 0.334. The summed E-state index contributed by atoms with van der Waals surface area (Å²) in [5.41, 5.74) is 2.27. The minimum atomic E-state index is -0.814. The molecule has 5 rings (SSSR count). The maximum atomic E-state index is 13.6. The van der Waals surface area contributed by atoms with E-state index < -0.39 is 5.41 Å². The van der Waals surface area contributed by atoms with Crippen LogP contribution in [0.5, 0.6) is 17.2 Å². The molecule has 4 heteroatoms. The maximum absolute atomic E-state index is 13.6. The summed E-state index contributed by atoms with van der Waals surface area (Å²) in [6.07, 6.45) is 2.86. The molecule has 3 aromatic rings. The number of carbonyl (C=O) groups is 1. The first kappa shape index (κ1) is 18.5. The van der Waals surface area contributed by atoms with Crippen molar-refractivity contribution in [2.24, 2.45) is 5.41 Å². The van der Waals surface area contributed by atoms with E-state index in [9.17, 15) is 4.79 Å². The van der Waals surface area contributed by atoms with Gasteiger partial charge in [-0.25, -0.2) is 0 Å². The molecular formula is C26H22O4. The monoisotopic (exact) mass is 398 g/mol. The Kier molecular flexibility index (Phi) is 4.55. The maximum Gasteiger partial charge on any atom is 0.319 e. The minimum Gasteiger partial charge on any atom is -0.454 e. The average molecular weight is 398 g/mol. The van der Waals surface area contributed by atoms with Gasteiger partial charge in [0, 0.05) is 17.5 Å². The van der Waals surface area contributed by atoms with Gasteiger partial charge in [0.15, 0.2) is 11.5 Å². The molecule has 150 valence electrons. The Morgan fingerprint density at radius 3 is 2.30 bits per heavy atom. The second-order valence-corrected chi connectivity index (χ2v) is 7.79. The van der Waals surface area contributed by atoms with Crippen LogP contribution in [0.25, 0.3) is 0 Å². The fourth-order valence-electron chi connectivity index (χ4n) is 4.68. The number of benzene rings is 3. The Morgan fingerprint density at radius 2 is 1.60 bits per heavy atom. The molecule has 0 saturated heterocycles. The lowest BCUT2D eigenvalue weighted by molar-refractivity contribution is -0.148. The van der Waals surface area contributed by atoms with Crippen LogP contribution in [-0.2, 0) is 11.2 Å². The van der Waals surface area contributed by atoms with E-state index in [-0.39, 0.29) is 18.7 Å². The van der Waals surface area contributed by atoms with Gasteiger partial charge in [-0.3, -0.25) is 4.79 Å². The Morgan fingerprint density at radius 1 is 0.933 bits per heavy atom. The molecule has 3 aromatic carbocycles. The predicted molar refractivity (Wildman–Crippen MR) is 114 cm³/mol. The van der Waals surface area contributed by atoms with Crippen LogP contribution >= 0.6 is 0 Å². The number of rotatable bonds is 5. The zero-order valence-electron chi connectivity index (χ0n) is 16.5. The van der Waals surface area contributed by atoms with Crippen molar-refractivity contribution < 1.29 is 19.0 Å². The van der Waals surface area contributed by atoms with Crippen molar-refractivity contribution in [3.8, 4) is 17.2 Å². The number of hydrogen-bond acceptors (Lipinski definition) is 4. The van der Waals surface area contributed by atoms with Crippen LogP contribution in [0.3, 0.4) is 0 Å². The average Bonchev–Trinajstić information content (AvgIpc) is 3.22. The van der Waals surface area contributed by atoms with Crippen LogP contribution in [0.15, 0.2) is 85.5 Å². The topological polar surface area (TPSA) is 44.8 Å². The van der Waals surface area contributed by atoms with E-state index in [4.69, 9.17) is 14.2 Å². The SMILES string of the molecule is C=CC[C@@]1(Cc2ccccc2)C(=O)Oc2cc3c(cc2[C@@H]1c1ccccc1)OCO3. The van der Waals surface area contributed by atoms with Crippen LogP contribution in [0, 0.1) is 5.41 Å². The number of hydrogen-bond donors (Lipinski definition) is 0. The molecule has 2 aliphatic heterocycles. The largest absolute Gasteiger partial charge is 0.454 e. The number of allylic oxidation sites excluding steroid dienone is 1. The zero-order chi connectivity index (χ0) is 20.6. The van der Waals surface area contributed by atoms with Gasteiger partial charge in [-0.15, -0.1) is 6.58 Å². The molecule has 0 fully saturated rings. The number of carbonyl (C=O) groups excluding carboxylic acids is 1. The molecule has 4 nitrogen and oxygen atoms in total. The summed E-state index contributed by atoms with van der Waals surface area (Å²) in [7, 11) is 0. The van der Waals surface area contributed by atoms with Crippen LogP contribution in [0.1, 0.15) is 29.0 Å².